The smallest absolute Gasteiger partial charge is 0.336 e. The maximum atomic E-state index is 13.7. The van der Waals surface area contributed by atoms with E-state index in [1.165, 1.54) is 9.80 Å². The monoisotopic (exact) mass is 874 g/mol. The average molecular weight is 875 g/mol. The molecule has 344 valence electrons. The van der Waals surface area contributed by atoms with Gasteiger partial charge in [-0.1, -0.05) is 48.5 Å². The van der Waals surface area contributed by atoms with Crippen molar-refractivity contribution in [2.45, 2.75) is 102 Å². The summed E-state index contributed by atoms with van der Waals surface area (Å²) in [4.78, 5) is 55.1. The van der Waals surface area contributed by atoms with Crippen LogP contribution in [-0.4, -0.2) is 161 Å². The molecule has 0 aliphatic carbocycles. The third-order valence-corrected chi connectivity index (χ3v) is 10.4. The van der Waals surface area contributed by atoms with E-state index in [-0.39, 0.29) is 78.5 Å². The van der Waals surface area contributed by atoms with Gasteiger partial charge in [0.05, 0.1) is 66.1 Å². The predicted molar refractivity (Wildman–Crippen MR) is 218 cm³/mol. The molecule has 3 aliphatic heterocycles. The van der Waals surface area contributed by atoms with Gasteiger partial charge in [0.2, 0.25) is 0 Å². The summed E-state index contributed by atoms with van der Waals surface area (Å²) in [6.45, 7) is 1.22. The molecule has 0 radical (unpaired) electrons. The standard InChI is InChI=1S/C44H62N2O16/c1-45(27-31-9-13-33(14-10-31)29-61-35-7-3-5-17-55-35)41(47)37-39(43(49)50)59-25-21-54-20-24-58-38(40(44(51)52)60-26-22-53-19-23-57-37)42(48)46(2)28-32-11-15-34(16-12-32)30-62-36-8-4-6-18-56-36/h9-16,35-40H,3-8,17-30H2,1-2H3,(H,49,50)(H,51,52)/t35?,36?,37-,38-,39-,40-/m1/s1. The van der Waals surface area contributed by atoms with E-state index < -0.39 is 48.2 Å². The number of carboxylic acids is 2. The fourth-order valence-electron chi connectivity index (χ4n) is 6.98. The summed E-state index contributed by atoms with van der Waals surface area (Å²) in [6, 6.07) is 15.1. The first-order valence-electron chi connectivity index (χ1n) is 21.3. The van der Waals surface area contributed by atoms with Crippen LogP contribution in [0.3, 0.4) is 0 Å². The van der Waals surface area contributed by atoms with Crippen LogP contribution < -0.4 is 0 Å². The number of likely N-dealkylation sites (N-methyl/N-ethyl adjacent to an activating group) is 2. The molecule has 0 saturated carbocycles. The number of carbonyl (C=O) groups is 4. The van der Waals surface area contributed by atoms with E-state index >= 15 is 0 Å². The molecule has 0 aromatic heterocycles. The maximum Gasteiger partial charge on any atom is 0.336 e. The van der Waals surface area contributed by atoms with E-state index in [9.17, 15) is 29.4 Å². The highest BCUT2D eigenvalue weighted by Crippen LogP contribution is 2.19. The van der Waals surface area contributed by atoms with Crippen LogP contribution in [0, 0.1) is 0 Å². The predicted octanol–water partition coefficient (Wildman–Crippen LogP) is 3.15. The van der Waals surface area contributed by atoms with Gasteiger partial charge >= 0.3 is 11.9 Å². The maximum absolute atomic E-state index is 13.7. The molecule has 3 aliphatic rings. The van der Waals surface area contributed by atoms with Gasteiger partial charge < -0.3 is 67.4 Å². The molecule has 0 spiro atoms. The Morgan fingerprint density at radius 3 is 1.15 bits per heavy atom. The first-order valence-corrected chi connectivity index (χ1v) is 21.3. The van der Waals surface area contributed by atoms with Gasteiger partial charge in [-0.2, -0.15) is 0 Å². The Hall–Kier alpha value is -4.08. The lowest BCUT2D eigenvalue weighted by Crippen LogP contribution is -2.50. The molecule has 2 unspecified atom stereocenters. The first-order chi connectivity index (χ1) is 30.1. The van der Waals surface area contributed by atoms with Gasteiger partial charge in [-0.15, -0.1) is 0 Å². The number of aliphatic carboxylic acids is 2. The van der Waals surface area contributed by atoms with E-state index in [0.717, 1.165) is 60.8 Å². The lowest BCUT2D eigenvalue weighted by molar-refractivity contribution is -0.179. The number of hydrogen-bond donors (Lipinski definition) is 2. The number of rotatable bonds is 14. The minimum atomic E-state index is -1.68. The Balaban J connectivity index is 1.13. The zero-order chi connectivity index (χ0) is 44.1. The Labute approximate surface area is 362 Å². The number of ether oxygens (including phenoxy) is 10. The quantitative estimate of drug-likeness (QED) is 0.280. The van der Waals surface area contributed by atoms with Crippen LogP contribution in [-0.2, 0) is 92.9 Å². The van der Waals surface area contributed by atoms with Crippen LogP contribution in [0.2, 0.25) is 0 Å². The van der Waals surface area contributed by atoms with Crippen LogP contribution in [0.25, 0.3) is 0 Å². The molecule has 5 rings (SSSR count). The molecule has 2 N–H and O–H groups in total. The lowest BCUT2D eigenvalue weighted by Gasteiger charge is -2.29. The largest absolute Gasteiger partial charge is 0.479 e. The lowest BCUT2D eigenvalue weighted by atomic mass is 10.1. The van der Waals surface area contributed by atoms with Gasteiger partial charge in [-0.3, -0.25) is 9.59 Å². The van der Waals surface area contributed by atoms with E-state index in [4.69, 9.17) is 47.4 Å². The molecule has 18 heteroatoms. The van der Waals surface area contributed by atoms with Crippen molar-refractivity contribution < 1.29 is 76.8 Å². The van der Waals surface area contributed by atoms with Crippen molar-refractivity contribution in [1.29, 1.82) is 0 Å². The topological polar surface area (TPSA) is 208 Å². The Morgan fingerprint density at radius 2 is 0.823 bits per heavy atom. The molecule has 3 heterocycles. The van der Waals surface area contributed by atoms with E-state index in [1.54, 1.807) is 14.1 Å². The summed E-state index contributed by atoms with van der Waals surface area (Å²) in [5, 5.41) is 20.3. The van der Waals surface area contributed by atoms with E-state index in [1.807, 2.05) is 48.5 Å². The SMILES string of the molecule is CN(Cc1ccc(COC2CCCCO2)cc1)C(=O)[C@@H]1OCCOCCO[C@@H](C(=O)O)[C@H](C(=O)N(C)Cc2ccc(COC3CCCCO3)cc2)OCCOCCO[C@H]1C(=O)O. The number of carboxylic acid groups (broad SMARTS) is 2. The second kappa shape index (κ2) is 26.5. The first kappa shape index (κ1) is 48.9. The Morgan fingerprint density at radius 1 is 0.484 bits per heavy atom. The number of hydrogen-bond acceptors (Lipinski definition) is 14. The summed E-state index contributed by atoms with van der Waals surface area (Å²) in [5.74, 6) is -4.06. The highest BCUT2D eigenvalue weighted by molar-refractivity contribution is 5.88. The van der Waals surface area contributed by atoms with Crippen molar-refractivity contribution in [1.82, 2.24) is 9.80 Å². The molecule has 62 heavy (non-hydrogen) atoms. The van der Waals surface area contributed by atoms with Crippen molar-refractivity contribution in [3.63, 3.8) is 0 Å². The molecule has 6 atom stereocenters. The van der Waals surface area contributed by atoms with Crippen LogP contribution in [0.4, 0.5) is 0 Å². The molecular formula is C44H62N2O16. The minimum Gasteiger partial charge on any atom is -0.479 e. The van der Waals surface area contributed by atoms with Gasteiger partial charge in [0.1, 0.15) is 0 Å². The number of carbonyl (C=O) groups excluding carboxylic acids is 2. The Kier molecular flexibility index (Phi) is 20.9. The van der Waals surface area contributed by atoms with Crippen LogP contribution in [0.15, 0.2) is 48.5 Å². The molecule has 3 fully saturated rings. The van der Waals surface area contributed by atoms with Crippen molar-refractivity contribution in [3.8, 4) is 0 Å². The van der Waals surface area contributed by atoms with Gasteiger partial charge in [0.15, 0.2) is 37.0 Å². The van der Waals surface area contributed by atoms with E-state index in [2.05, 4.69) is 0 Å². The zero-order valence-corrected chi connectivity index (χ0v) is 35.7. The summed E-state index contributed by atoms with van der Waals surface area (Å²) >= 11 is 0. The summed E-state index contributed by atoms with van der Waals surface area (Å²) in [6.07, 6.45) is -0.917. The molecule has 2 aromatic carbocycles. The van der Waals surface area contributed by atoms with Gasteiger partial charge in [0, 0.05) is 40.4 Å². The van der Waals surface area contributed by atoms with E-state index in [0.29, 0.717) is 26.4 Å². The zero-order valence-electron chi connectivity index (χ0n) is 35.7. The molecular weight excluding hydrogens is 812 g/mol. The van der Waals surface area contributed by atoms with Crippen molar-refractivity contribution in [3.05, 3.63) is 70.8 Å². The molecule has 2 amide bonds. The van der Waals surface area contributed by atoms with Crippen molar-refractivity contribution >= 4 is 23.8 Å². The summed E-state index contributed by atoms with van der Waals surface area (Å²) in [5.41, 5.74) is 3.50. The highest BCUT2D eigenvalue weighted by Gasteiger charge is 2.39. The second-order valence-electron chi connectivity index (χ2n) is 15.3. The van der Waals surface area contributed by atoms with Crippen molar-refractivity contribution in [2.24, 2.45) is 0 Å². The molecule has 18 nitrogen and oxygen atoms in total. The normalized spacial score (nSPS) is 25.1. The van der Waals surface area contributed by atoms with Crippen LogP contribution >= 0.6 is 0 Å². The van der Waals surface area contributed by atoms with Crippen LogP contribution in [0.5, 0.6) is 0 Å². The third kappa shape index (κ3) is 16.2. The fraction of sp³-hybridized carbons (Fsp3) is 0.636. The molecule has 2 aromatic rings. The van der Waals surface area contributed by atoms with Gasteiger partial charge in [-0.25, -0.2) is 9.59 Å². The van der Waals surface area contributed by atoms with Gasteiger partial charge in [0.25, 0.3) is 11.8 Å². The van der Waals surface area contributed by atoms with Gasteiger partial charge in [-0.05, 0) is 60.8 Å². The molecule has 3 saturated heterocycles. The summed E-state index contributed by atoms with van der Waals surface area (Å²) < 4.78 is 57.1. The van der Waals surface area contributed by atoms with Crippen molar-refractivity contribution in [2.75, 3.05) is 80.2 Å². The van der Waals surface area contributed by atoms with Crippen LogP contribution in [0.1, 0.15) is 60.8 Å². The number of nitrogens with zero attached hydrogens (tertiary/aromatic N) is 2. The average Bonchev–Trinajstić information content (AvgIpc) is 3.28. The highest BCUT2D eigenvalue weighted by atomic mass is 16.7. The minimum absolute atomic E-state index is 0.0969. The molecule has 0 bridgehead atoms. The summed E-state index contributed by atoms with van der Waals surface area (Å²) in [7, 11) is 3.09. The second-order valence-corrected chi connectivity index (χ2v) is 15.3. The Bertz CT molecular complexity index is 1530. The number of benzene rings is 2. The fourth-order valence-corrected chi connectivity index (χ4v) is 6.98. The number of amides is 2. The third-order valence-electron chi connectivity index (χ3n) is 10.4.